The van der Waals surface area contributed by atoms with E-state index in [4.69, 9.17) is 10.5 Å². The van der Waals surface area contributed by atoms with Gasteiger partial charge in [0.1, 0.15) is 33.2 Å². The van der Waals surface area contributed by atoms with Crippen molar-refractivity contribution in [2.75, 3.05) is 17.2 Å². The van der Waals surface area contributed by atoms with Crippen LogP contribution in [0.2, 0.25) is 0 Å². The number of carboxylic acid groups (broad SMARTS) is 1. The van der Waals surface area contributed by atoms with Gasteiger partial charge in [-0.05, 0) is 48.7 Å². The van der Waals surface area contributed by atoms with Crippen molar-refractivity contribution in [3.63, 3.8) is 0 Å². The Kier molecular flexibility index (Phi) is 6.19. The molecule has 0 atom stereocenters. The fraction of sp³-hybridized carbons (Fsp3) is 0.192. The number of anilines is 1. The van der Waals surface area contributed by atoms with E-state index in [2.05, 4.69) is 10.1 Å². The van der Waals surface area contributed by atoms with Crippen LogP contribution >= 0.6 is 0 Å². The maximum atomic E-state index is 12.1. The van der Waals surface area contributed by atoms with Gasteiger partial charge in [0.25, 0.3) is 0 Å². The molecule has 1 aliphatic rings. The Balaban J connectivity index is 1.66. The van der Waals surface area contributed by atoms with Crippen molar-refractivity contribution in [3.8, 4) is 22.6 Å². The quantitative estimate of drug-likeness (QED) is 0.374. The maximum Gasteiger partial charge on any atom is 0.328 e. The van der Waals surface area contributed by atoms with Gasteiger partial charge >= 0.3 is 5.97 Å². The van der Waals surface area contributed by atoms with Crippen LogP contribution in [0.4, 0.5) is 5.82 Å². The lowest BCUT2D eigenvalue weighted by atomic mass is 9.92. The molecule has 0 amide bonds. The molecule has 9 nitrogen and oxygen atoms in total. The number of para-hydroxylation sites is 1. The molecule has 0 aliphatic carbocycles. The topological polar surface area (TPSA) is 137 Å². The van der Waals surface area contributed by atoms with Gasteiger partial charge in [0.05, 0.1) is 17.2 Å². The van der Waals surface area contributed by atoms with E-state index in [9.17, 15) is 18.3 Å². The van der Waals surface area contributed by atoms with E-state index in [-0.39, 0.29) is 23.2 Å². The summed E-state index contributed by atoms with van der Waals surface area (Å²) in [4.78, 5) is 15.6. The van der Waals surface area contributed by atoms with Crippen molar-refractivity contribution in [3.05, 3.63) is 78.3 Å². The van der Waals surface area contributed by atoms with Gasteiger partial charge in [-0.3, -0.25) is 0 Å². The first-order valence-corrected chi connectivity index (χ1v) is 13.2. The number of nitrogen functional groups attached to an aromatic ring is 1. The molecule has 5 rings (SSSR count). The molecule has 2 aromatic carbocycles. The second-order valence-corrected chi connectivity index (χ2v) is 10.9. The molecule has 184 valence electrons. The second-order valence-electron chi connectivity index (χ2n) is 8.62. The fourth-order valence-electron chi connectivity index (χ4n) is 4.64. The molecule has 1 aliphatic heterocycles. The third-order valence-corrected chi connectivity index (χ3v) is 8.00. The van der Waals surface area contributed by atoms with Crippen molar-refractivity contribution in [1.82, 2.24) is 14.6 Å². The van der Waals surface area contributed by atoms with Gasteiger partial charge in [-0.1, -0.05) is 30.3 Å². The van der Waals surface area contributed by atoms with E-state index < -0.39 is 15.8 Å². The Hall–Kier alpha value is -4.18. The summed E-state index contributed by atoms with van der Waals surface area (Å²) in [6, 6.07) is 16.8. The van der Waals surface area contributed by atoms with Crippen LogP contribution in [0.25, 0.3) is 22.7 Å². The van der Waals surface area contributed by atoms with Crippen LogP contribution in [0.5, 0.6) is 11.5 Å². The Morgan fingerprint density at radius 3 is 2.39 bits per heavy atom. The number of fused-ring (bicyclic) bond motifs is 1. The lowest BCUT2D eigenvalue weighted by Gasteiger charge is -2.22. The van der Waals surface area contributed by atoms with Crippen molar-refractivity contribution in [2.45, 2.75) is 18.8 Å². The van der Waals surface area contributed by atoms with E-state index in [1.54, 1.807) is 4.52 Å². The predicted molar refractivity (Wildman–Crippen MR) is 137 cm³/mol. The predicted octanol–water partition coefficient (Wildman–Crippen LogP) is 4.16. The molecule has 2 aromatic heterocycles. The zero-order valence-corrected chi connectivity index (χ0v) is 20.1. The number of ether oxygens (including phenoxy) is 1. The lowest BCUT2D eigenvalue weighted by molar-refractivity contribution is -0.131. The SMILES string of the molecule is Nc1ncnn2c(C3CCS(=O)(=O)CC3)c(C=CC(=O)O)c(-c3ccc(Oc4ccccc4)cc3)c12. The first-order chi connectivity index (χ1) is 17.3. The Morgan fingerprint density at radius 1 is 1.06 bits per heavy atom. The van der Waals surface area contributed by atoms with E-state index in [1.807, 2.05) is 54.6 Å². The summed E-state index contributed by atoms with van der Waals surface area (Å²) in [6.07, 6.45) is 4.76. The summed E-state index contributed by atoms with van der Waals surface area (Å²) in [5, 5.41) is 13.8. The molecule has 3 N–H and O–H groups in total. The van der Waals surface area contributed by atoms with Gasteiger partial charge in [0.2, 0.25) is 0 Å². The summed E-state index contributed by atoms with van der Waals surface area (Å²) in [7, 11) is -3.09. The minimum Gasteiger partial charge on any atom is -0.478 e. The van der Waals surface area contributed by atoms with Gasteiger partial charge in [-0.2, -0.15) is 5.10 Å². The molecular formula is C26H24N4O5S. The highest BCUT2D eigenvalue weighted by atomic mass is 32.2. The highest BCUT2D eigenvalue weighted by molar-refractivity contribution is 7.91. The van der Waals surface area contributed by atoms with Gasteiger partial charge in [-0.25, -0.2) is 22.7 Å². The number of hydrogen-bond acceptors (Lipinski definition) is 7. The minimum atomic E-state index is -3.09. The highest BCUT2D eigenvalue weighted by Crippen LogP contribution is 2.42. The van der Waals surface area contributed by atoms with Crippen LogP contribution in [-0.2, 0) is 14.6 Å². The third kappa shape index (κ3) is 4.67. The number of nitrogens with two attached hydrogens (primary N) is 1. The Bertz CT molecular complexity index is 1550. The fourth-order valence-corrected chi connectivity index (χ4v) is 6.13. The second kappa shape index (κ2) is 9.46. The number of nitrogens with zero attached hydrogens (tertiary/aromatic N) is 3. The molecule has 0 spiro atoms. The summed E-state index contributed by atoms with van der Waals surface area (Å²) in [5.41, 5.74) is 9.66. The van der Waals surface area contributed by atoms with E-state index in [1.165, 1.54) is 12.4 Å². The van der Waals surface area contributed by atoms with Crippen LogP contribution in [0.3, 0.4) is 0 Å². The summed E-state index contributed by atoms with van der Waals surface area (Å²) < 4.78 is 31.7. The molecule has 1 saturated heterocycles. The van der Waals surface area contributed by atoms with Crippen LogP contribution in [-0.4, -0.2) is 45.6 Å². The number of aromatic nitrogens is 3. The number of carbonyl (C=O) groups is 1. The van der Waals surface area contributed by atoms with Crippen molar-refractivity contribution >= 4 is 33.2 Å². The average Bonchev–Trinajstić information content (AvgIpc) is 3.19. The van der Waals surface area contributed by atoms with Crippen LogP contribution in [0, 0.1) is 0 Å². The smallest absolute Gasteiger partial charge is 0.328 e. The first kappa shape index (κ1) is 23.6. The minimum absolute atomic E-state index is 0.0639. The van der Waals surface area contributed by atoms with Crippen molar-refractivity contribution in [2.24, 2.45) is 0 Å². The van der Waals surface area contributed by atoms with Crippen LogP contribution in [0.1, 0.15) is 30.0 Å². The molecule has 0 saturated carbocycles. The van der Waals surface area contributed by atoms with Gasteiger partial charge in [0.15, 0.2) is 5.82 Å². The monoisotopic (exact) mass is 504 g/mol. The van der Waals surface area contributed by atoms with E-state index >= 15 is 0 Å². The largest absolute Gasteiger partial charge is 0.478 e. The first-order valence-electron chi connectivity index (χ1n) is 11.4. The van der Waals surface area contributed by atoms with Crippen molar-refractivity contribution < 1.29 is 23.1 Å². The number of aliphatic carboxylic acids is 1. The molecule has 36 heavy (non-hydrogen) atoms. The Morgan fingerprint density at radius 2 is 1.72 bits per heavy atom. The summed E-state index contributed by atoms with van der Waals surface area (Å²) in [6.45, 7) is 0. The standard InChI is InChI=1S/C26H24N4O5S/c27-26-25-23(17-6-8-20(9-7-17)35-19-4-2-1-3-5-19)21(10-11-22(31)32)24(30(25)29-16-28-26)18-12-14-36(33,34)15-13-18/h1-11,16,18H,12-15H2,(H,31,32)(H2,27,28,29). The molecule has 1 fully saturated rings. The summed E-state index contributed by atoms with van der Waals surface area (Å²) >= 11 is 0. The number of benzene rings is 2. The number of carboxylic acids is 1. The molecule has 0 radical (unpaired) electrons. The number of sulfone groups is 1. The molecule has 0 bridgehead atoms. The van der Waals surface area contributed by atoms with Gasteiger partial charge in [-0.15, -0.1) is 0 Å². The van der Waals surface area contributed by atoms with Crippen LogP contribution in [0.15, 0.2) is 67.0 Å². The lowest BCUT2D eigenvalue weighted by Crippen LogP contribution is -2.23. The van der Waals surface area contributed by atoms with Gasteiger partial charge < -0.3 is 15.6 Å². The normalized spacial score (nSPS) is 15.9. The average molecular weight is 505 g/mol. The zero-order valence-electron chi connectivity index (χ0n) is 19.2. The molecule has 0 unspecified atom stereocenters. The maximum absolute atomic E-state index is 12.1. The molecule has 3 heterocycles. The zero-order chi connectivity index (χ0) is 25.3. The number of rotatable bonds is 6. The number of hydrogen-bond donors (Lipinski definition) is 2. The van der Waals surface area contributed by atoms with E-state index in [0.717, 1.165) is 17.3 Å². The third-order valence-electron chi connectivity index (χ3n) is 6.28. The Labute approximate surface area is 207 Å². The molecule has 4 aromatic rings. The van der Waals surface area contributed by atoms with Crippen LogP contribution < -0.4 is 10.5 Å². The highest BCUT2D eigenvalue weighted by Gasteiger charge is 2.31. The van der Waals surface area contributed by atoms with E-state index in [0.29, 0.717) is 41.0 Å². The molecule has 10 heteroatoms. The molecular weight excluding hydrogens is 480 g/mol. The van der Waals surface area contributed by atoms with Gasteiger partial charge in [0, 0.05) is 23.1 Å². The summed E-state index contributed by atoms with van der Waals surface area (Å²) in [5.74, 6) is 0.472. The van der Waals surface area contributed by atoms with Crippen molar-refractivity contribution in [1.29, 1.82) is 0 Å².